The van der Waals surface area contributed by atoms with Gasteiger partial charge in [-0.2, -0.15) is 0 Å². The third kappa shape index (κ3) is 2.67. The first-order valence-electron chi connectivity index (χ1n) is 8.46. The third-order valence-corrected chi connectivity index (χ3v) is 4.56. The number of benzene rings is 1. The number of fused-ring (bicyclic) bond motifs is 2. The number of aryl methyl sites for hydroxylation is 2. The molecule has 7 heteroatoms. The van der Waals surface area contributed by atoms with Crippen LogP contribution < -0.4 is 10.9 Å². The van der Waals surface area contributed by atoms with Crippen molar-refractivity contribution in [3.63, 3.8) is 0 Å². The number of carbonyl (C=O) groups excluding carboxylic acids is 1. The molecule has 0 aliphatic heterocycles. The van der Waals surface area contributed by atoms with Crippen LogP contribution in [-0.2, 0) is 6.42 Å². The van der Waals surface area contributed by atoms with Gasteiger partial charge in [0, 0.05) is 41.6 Å². The number of rotatable bonds is 4. The van der Waals surface area contributed by atoms with Crippen molar-refractivity contribution in [2.45, 2.75) is 20.3 Å². The number of nitrogens with zero attached hydrogens (tertiary/aromatic N) is 2. The molecule has 0 aliphatic rings. The zero-order valence-corrected chi connectivity index (χ0v) is 14.6. The molecule has 0 saturated heterocycles. The number of para-hydroxylation sites is 1. The minimum Gasteiger partial charge on any atom is -0.361 e. The highest BCUT2D eigenvalue weighted by molar-refractivity contribution is 5.93. The lowest BCUT2D eigenvalue weighted by Crippen LogP contribution is -2.32. The lowest BCUT2D eigenvalue weighted by Gasteiger charge is -2.05. The van der Waals surface area contributed by atoms with Crippen LogP contribution in [0.1, 0.15) is 27.2 Å². The van der Waals surface area contributed by atoms with Crippen molar-refractivity contribution in [1.82, 2.24) is 24.9 Å². The van der Waals surface area contributed by atoms with Crippen molar-refractivity contribution in [2.24, 2.45) is 0 Å². The van der Waals surface area contributed by atoms with Gasteiger partial charge in [0.2, 0.25) is 0 Å². The number of aromatic nitrogens is 4. The Hall–Kier alpha value is -3.35. The van der Waals surface area contributed by atoms with Crippen LogP contribution in [0.4, 0.5) is 0 Å². The number of nitrogens with one attached hydrogen (secondary N) is 3. The van der Waals surface area contributed by atoms with Crippen molar-refractivity contribution in [3.05, 3.63) is 69.4 Å². The van der Waals surface area contributed by atoms with Gasteiger partial charge in [0.1, 0.15) is 5.56 Å². The second-order valence-electron chi connectivity index (χ2n) is 6.43. The van der Waals surface area contributed by atoms with E-state index in [0.29, 0.717) is 18.6 Å². The Labute approximate surface area is 149 Å². The van der Waals surface area contributed by atoms with Gasteiger partial charge in [0.05, 0.1) is 0 Å². The van der Waals surface area contributed by atoms with Gasteiger partial charge in [0.25, 0.3) is 11.5 Å². The summed E-state index contributed by atoms with van der Waals surface area (Å²) in [5, 5.41) is 6.85. The number of carbonyl (C=O) groups is 1. The summed E-state index contributed by atoms with van der Waals surface area (Å²) < 4.78 is 1.28. The molecule has 7 nitrogen and oxygen atoms in total. The van der Waals surface area contributed by atoms with E-state index in [1.165, 1.54) is 16.3 Å². The van der Waals surface area contributed by atoms with Gasteiger partial charge in [-0.05, 0) is 31.4 Å². The summed E-state index contributed by atoms with van der Waals surface area (Å²) in [6, 6.07) is 7.90. The topological polar surface area (TPSA) is 95.0 Å². The first-order valence-corrected chi connectivity index (χ1v) is 8.46. The molecule has 0 bridgehead atoms. The van der Waals surface area contributed by atoms with Crippen molar-refractivity contribution in [3.8, 4) is 0 Å². The largest absolute Gasteiger partial charge is 0.361 e. The van der Waals surface area contributed by atoms with Crippen LogP contribution in [0.25, 0.3) is 16.6 Å². The fourth-order valence-electron chi connectivity index (χ4n) is 3.21. The average Bonchev–Trinajstić information content (AvgIpc) is 3.20. The predicted molar refractivity (Wildman–Crippen MR) is 99.6 cm³/mol. The molecular weight excluding hydrogens is 330 g/mol. The van der Waals surface area contributed by atoms with E-state index in [0.717, 1.165) is 22.2 Å². The van der Waals surface area contributed by atoms with Gasteiger partial charge in [-0.3, -0.25) is 14.7 Å². The van der Waals surface area contributed by atoms with Crippen LogP contribution in [0.3, 0.4) is 0 Å². The van der Waals surface area contributed by atoms with Gasteiger partial charge in [-0.15, -0.1) is 0 Å². The zero-order chi connectivity index (χ0) is 18.3. The normalized spacial score (nSPS) is 11.3. The molecule has 0 unspecified atom stereocenters. The summed E-state index contributed by atoms with van der Waals surface area (Å²) in [5.74, 6) is -0.417. The number of aromatic amines is 2. The van der Waals surface area contributed by atoms with E-state index in [1.807, 2.05) is 19.2 Å². The maximum Gasteiger partial charge on any atom is 0.285 e. The molecule has 0 spiro atoms. The van der Waals surface area contributed by atoms with Crippen molar-refractivity contribution in [1.29, 1.82) is 0 Å². The monoisotopic (exact) mass is 349 g/mol. The third-order valence-electron chi connectivity index (χ3n) is 4.56. The second kappa shape index (κ2) is 6.18. The molecule has 4 rings (SSSR count). The van der Waals surface area contributed by atoms with Crippen molar-refractivity contribution < 1.29 is 4.79 Å². The van der Waals surface area contributed by atoms with Crippen LogP contribution >= 0.6 is 0 Å². The highest BCUT2D eigenvalue weighted by Gasteiger charge is 2.14. The smallest absolute Gasteiger partial charge is 0.285 e. The van der Waals surface area contributed by atoms with E-state index in [1.54, 1.807) is 6.07 Å². The van der Waals surface area contributed by atoms with Crippen molar-refractivity contribution >= 4 is 22.5 Å². The van der Waals surface area contributed by atoms with Gasteiger partial charge < -0.3 is 10.3 Å². The van der Waals surface area contributed by atoms with E-state index in [-0.39, 0.29) is 5.56 Å². The summed E-state index contributed by atoms with van der Waals surface area (Å²) in [6.45, 7) is 4.33. The standard InChI is InChI=1S/C19H19N5O2/c1-11-4-3-5-14-13(9-22-17(11)14)6-7-20-18(25)15-10-21-16-8-12(2)23-24(16)19(15)26/h3-5,8-10,22-23H,6-7H2,1-2H3,(H,20,25). The highest BCUT2D eigenvalue weighted by atomic mass is 16.2. The molecule has 0 radical (unpaired) electrons. The summed E-state index contributed by atoms with van der Waals surface area (Å²) in [7, 11) is 0. The summed E-state index contributed by atoms with van der Waals surface area (Å²) in [6.07, 6.45) is 3.97. The SMILES string of the molecule is Cc1cc2ncc(C(=O)NCCc3c[nH]c4c(C)cccc34)c(=O)n2[nH]1. The first-order chi connectivity index (χ1) is 12.5. The maximum absolute atomic E-state index is 12.4. The number of H-pyrrole nitrogens is 2. The van der Waals surface area contributed by atoms with Crippen LogP contribution in [0.5, 0.6) is 0 Å². The predicted octanol–water partition coefficient (Wildman–Crippen LogP) is 2.09. The molecule has 0 atom stereocenters. The van der Waals surface area contributed by atoms with Crippen LogP contribution in [0.15, 0.2) is 41.5 Å². The Kier molecular flexibility index (Phi) is 3.84. The van der Waals surface area contributed by atoms with Gasteiger partial charge in [-0.1, -0.05) is 18.2 Å². The van der Waals surface area contributed by atoms with Gasteiger partial charge >= 0.3 is 0 Å². The molecule has 0 fully saturated rings. The van der Waals surface area contributed by atoms with Crippen LogP contribution in [-0.4, -0.2) is 32.0 Å². The number of amides is 1. The van der Waals surface area contributed by atoms with E-state index in [2.05, 4.69) is 39.4 Å². The molecule has 1 aromatic carbocycles. The van der Waals surface area contributed by atoms with E-state index in [4.69, 9.17) is 0 Å². The lowest BCUT2D eigenvalue weighted by molar-refractivity contribution is 0.0952. The minimum absolute atomic E-state index is 0.0270. The average molecular weight is 349 g/mol. The van der Waals surface area contributed by atoms with Gasteiger partial charge in [0.15, 0.2) is 5.65 Å². The Morgan fingerprint density at radius 1 is 1.31 bits per heavy atom. The Bertz CT molecular complexity index is 1180. The van der Waals surface area contributed by atoms with E-state index in [9.17, 15) is 9.59 Å². The quantitative estimate of drug-likeness (QED) is 0.526. The summed E-state index contributed by atoms with van der Waals surface area (Å²) in [5.41, 5.74) is 4.37. The molecule has 132 valence electrons. The Morgan fingerprint density at radius 3 is 3.00 bits per heavy atom. The highest BCUT2D eigenvalue weighted by Crippen LogP contribution is 2.21. The molecule has 26 heavy (non-hydrogen) atoms. The van der Waals surface area contributed by atoms with E-state index < -0.39 is 11.5 Å². The minimum atomic E-state index is -0.417. The zero-order valence-electron chi connectivity index (χ0n) is 14.6. The molecule has 0 saturated carbocycles. The number of hydrogen-bond donors (Lipinski definition) is 3. The molecule has 1 amide bonds. The summed E-state index contributed by atoms with van der Waals surface area (Å²) in [4.78, 5) is 32.2. The molecular formula is C19H19N5O2. The molecule has 4 aromatic rings. The second-order valence-corrected chi connectivity index (χ2v) is 6.43. The molecule has 0 aliphatic carbocycles. The molecule has 3 aromatic heterocycles. The number of hydrogen-bond acceptors (Lipinski definition) is 3. The fraction of sp³-hybridized carbons (Fsp3) is 0.211. The maximum atomic E-state index is 12.4. The Morgan fingerprint density at radius 2 is 2.15 bits per heavy atom. The van der Waals surface area contributed by atoms with Crippen molar-refractivity contribution in [2.75, 3.05) is 6.54 Å². The molecule has 3 heterocycles. The van der Waals surface area contributed by atoms with Crippen LogP contribution in [0, 0.1) is 13.8 Å². The Balaban J connectivity index is 1.49. The van der Waals surface area contributed by atoms with E-state index >= 15 is 0 Å². The molecule has 3 N–H and O–H groups in total. The fourth-order valence-corrected chi connectivity index (χ4v) is 3.21. The van der Waals surface area contributed by atoms with Crippen LogP contribution in [0.2, 0.25) is 0 Å². The summed E-state index contributed by atoms with van der Waals surface area (Å²) >= 11 is 0. The van der Waals surface area contributed by atoms with Gasteiger partial charge in [-0.25, -0.2) is 9.50 Å². The lowest BCUT2D eigenvalue weighted by atomic mass is 10.1. The first kappa shape index (κ1) is 16.1.